The van der Waals surface area contributed by atoms with Crippen LogP contribution in [0.5, 0.6) is 0 Å². The van der Waals surface area contributed by atoms with Gasteiger partial charge >= 0.3 is 0 Å². The zero-order valence-corrected chi connectivity index (χ0v) is 11.0. The van der Waals surface area contributed by atoms with Crippen molar-refractivity contribution in [3.05, 3.63) is 30.1 Å². The normalized spacial score (nSPS) is 11.2. The average Bonchev–Trinajstić information content (AvgIpc) is 2.73. The molecule has 0 saturated carbocycles. The maximum absolute atomic E-state index is 5.76. The quantitative estimate of drug-likeness (QED) is 0.800. The molecule has 92 valence electrons. The molecule has 2 N–H and O–H groups in total. The monoisotopic (exact) mass is 249 g/mol. The molecule has 0 atom stereocenters. The number of pyridine rings is 1. The Morgan fingerprint density at radius 2 is 2.35 bits per heavy atom. The summed E-state index contributed by atoms with van der Waals surface area (Å²) < 4.78 is 2.23. The highest BCUT2D eigenvalue weighted by molar-refractivity contribution is 7.99. The van der Waals surface area contributed by atoms with Crippen LogP contribution >= 0.6 is 11.8 Å². The number of hydrogen-bond acceptors (Lipinski definition) is 3. The summed E-state index contributed by atoms with van der Waals surface area (Å²) in [4.78, 5) is 4.45. The van der Waals surface area contributed by atoms with Gasteiger partial charge in [-0.1, -0.05) is 6.92 Å². The number of rotatable bonds is 6. The number of fused-ring (bicyclic) bond motifs is 1. The van der Waals surface area contributed by atoms with E-state index in [1.165, 1.54) is 28.9 Å². The lowest BCUT2D eigenvalue weighted by Gasteiger charge is -2.03. The zero-order valence-electron chi connectivity index (χ0n) is 10.2. The van der Waals surface area contributed by atoms with Gasteiger partial charge < -0.3 is 10.3 Å². The van der Waals surface area contributed by atoms with E-state index < -0.39 is 0 Å². The van der Waals surface area contributed by atoms with Crippen LogP contribution in [0.25, 0.3) is 11.0 Å². The average molecular weight is 249 g/mol. The third kappa shape index (κ3) is 2.82. The van der Waals surface area contributed by atoms with Crippen LogP contribution in [0.3, 0.4) is 0 Å². The lowest BCUT2D eigenvalue weighted by Crippen LogP contribution is -1.99. The highest BCUT2D eigenvalue weighted by Crippen LogP contribution is 2.19. The van der Waals surface area contributed by atoms with Gasteiger partial charge in [-0.2, -0.15) is 11.8 Å². The van der Waals surface area contributed by atoms with E-state index in [1.54, 1.807) is 0 Å². The molecule has 0 fully saturated rings. The lowest BCUT2D eigenvalue weighted by atomic mass is 10.2. The number of nitrogens with two attached hydrogens (primary N) is 1. The van der Waals surface area contributed by atoms with Gasteiger partial charge in [0.1, 0.15) is 5.65 Å². The molecule has 2 aromatic rings. The fourth-order valence-electron chi connectivity index (χ4n) is 2.01. The van der Waals surface area contributed by atoms with Gasteiger partial charge in [0.25, 0.3) is 0 Å². The van der Waals surface area contributed by atoms with E-state index in [0.717, 1.165) is 12.2 Å². The Kier molecular flexibility index (Phi) is 4.45. The lowest BCUT2D eigenvalue weighted by molar-refractivity contribution is 0.700. The summed E-state index contributed by atoms with van der Waals surface area (Å²) in [6, 6.07) is 4.07. The highest BCUT2D eigenvalue weighted by Gasteiger charge is 2.07. The fourth-order valence-corrected chi connectivity index (χ4v) is 2.63. The number of thioether (sulfide) groups is 1. The summed E-state index contributed by atoms with van der Waals surface area (Å²) in [7, 11) is 0. The predicted octanol–water partition coefficient (Wildman–Crippen LogP) is 2.64. The maximum atomic E-state index is 5.76. The van der Waals surface area contributed by atoms with Crippen molar-refractivity contribution in [2.45, 2.75) is 26.4 Å². The van der Waals surface area contributed by atoms with Gasteiger partial charge in [0, 0.05) is 30.9 Å². The topological polar surface area (TPSA) is 43.8 Å². The van der Waals surface area contributed by atoms with E-state index >= 15 is 0 Å². The Labute approximate surface area is 106 Å². The summed E-state index contributed by atoms with van der Waals surface area (Å²) >= 11 is 1.99. The molecule has 3 nitrogen and oxygen atoms in total. The van der Waals surface area contributed by atoms with Crippen LogP contribution in [0.1, 0.15) is 18.9 Å². The van der Waals surface area contributed by atoms with Crippen molar-refractivity contribution in [1.29, 1.82) is 0 Å². The molecule has 0 aromatic carbocycles. The second-order valence-electron chi connectivity index (χ2n) is 3.98. The van der Waals surface area contributed by atoms with Crippen LogP contribution in [0, 0.1) is 0 Å². The van der Waals surface area contributed by atoms with E-state index in [1.807, 2.05) is 24.0 Å². The van der Waals surface area contributed by atoms with Crippen molar-refractivity contribution in [2.75, 3.05) is 11.5 Å². The molecule has 0 aliphatic carbocycles. The minimum atomic E-state index is 0.582. The Hall–Kier alpha value is -1.00. The second-order valence-corrected chi connectivity index (χ2v) is 5.37. The van der Waals surface area contributed by atoms with Crippen molar-refractivity contribution in [2.24, 2.45) is 5.73 Å². The molecule has 0 radical (unpaired) electrons. The van der Waals surface area contributed by atoms with Crippen molar-refractivity contribution < 1.29 is 0 Å². The molecule has 0 spiro atoms. The molecule has 0 saturated heterocycles. The van der Waals surface area contributed by atoms with E-state index in [4.69, 9.17) is 5.73 Å². The Balaban J connectivity index is 2.16. The van der Waals surface area contributed by atoms with Crippen LogP contribution in [0.4, 0.5) is 0 Å². The highest BCUT2D eigenvalue weighted by atomic mass is 32.2. The smallest absolute Gasteiger partial charge is 0.140 e. The van der Waals surface area contributed by atoms with Crippen LogP contribution in [-0.2, 0) is 13.1 Å². The molecular weight excluding hydrogens is 230 g/mol. The van der Waals surface area contributed by atoms with Crippen molar-refractivity contribution in [3.63, 3.8) is 0 Å². The first-order valence-corrected chi connectivity index (χ1v) is 7.22. The van der Waals surface area contributed by atoms with Crippen LogP contribution in [0.15, 0.2) is 24.5 Å². The molecule has 0 amide bonds. The molecule has 2 aromatic heterocycles. The van der Waals surface area contributed by atoms with Crippen LogP contribution in [-0.4, -0.2) is 21.1 Å². The van der Waals surface area contributed by atoms with E-state index in [2.05, 4.69) is 28.7 Å². The first-order chi connectivity index (χ1) is 8.36. The minimum absolute atomic E-state index is 0.582. The third-order valence-corrected chi connectivity index (χ3v) is 3.81. The number of nitrogens with zero attached hydrogens (tertiary/aromatic N) is 2. The second kappa shape index (κ2) is 6.07. The SMILES string of the molecule is CCSCCCn1cc(CN)c2cccnc21. The molecule has 2 rings (SSSR count). The van der Waals surface area contributed by atoms with Gasteiger partial charge in [0.15, 0.2) is 0 Å². The first kappa shape index (κ1) is 12.5. The molecule has 0 aliphatic rings. The van der Waals surface area contributed by atoms with Crippen LogP contribution < -0.4 is 5.73 Å². The standard InChI is InChI=1S/C13H19N3S/c1-2-17-8-4-7-16-10-11(9-14)12-5-3-6-15-13(12)16/h3,5-6,10H,2,4,7-9,14H2,1H3. The number of aromatic nitrogens is 2. The number of hydrogen-bond donors (Lipinski definition) is 1. The molecule has 0 unspecified atom stereocenters. The van der Waals surface area contributed by atoms with E-state index in [-0.39, 0.29) is 0 Å². The predicted molar refractivity (Wildman–Crippen MR) is 75.2 cm³/mol. The number of aryl methyl sites for hydroxylation is 1. The molecular formula is C13H19N3S. The van der Waals surface area contributed by atoms with Gasteiger partial charge in [0.05, 0.1) is 0 Å². The molecule has 0 aliphatic heterocycles. The Bertz CT molecular complexity index is 478. The van der Waals surface area contributed by atoms with E-state index in [9.17, 15) is 0 Å². The molecule has 17 heavy (non-hydrogen) atoms. The molecule has 4 heteroatoms. The van der Waals surface area contributed by atoms with Crippen molar-refractivity contribution >= 4 is 22.8 Å². The van der Waals surface area contributed by atoms with Gasteiger partial charge in [-0.05, 0) is 35.6 Å². The van der Waals surface area contributed by atoms with Gasteiger partial charge in [-0.15, -0.1) is 0 Å². The minimum Gasteiger partial charge on any atom is -0.332 e. The zero-order chi connectivity index (χ0) is 12.1. The maximum Gasteiger partial charge on any atom is 0.140 e. The summed E-state index contributed by atoms with van der Waals surface area (Å²) in [5, 5.41) is 1.19. The Morgan fingerprint density at radius 3 is 3.12 bits per heavy atom. The first-order valence-electron chi connectivity index (χ1n) is 6.07. The summed E-state index contributed by atoms with van der Waals surface area (Å²) in [6.45, 7) is 3.81. The largest absolute Gasteiger partial charge is 0.332 e. The molecule has 0 bridgehead atoms. The van der Waals surface area contributed by atoms with Gasteiger partial charge in [-0.3, -0.25) is 0 Å². The van der Waals surface area contributed by atoms with Crippen molar-refractivity contribution in [3.8, 4) is 0 Å². The van der Waals surface area contributed by atoms with Gasteiger partial charge in [-0.25, -0.2) is 4.98 Å². The van der Waals surface area contributed by atoms with Gasteiger partial charge in [0.2, 0.25) is 0 Å². The third-order valence-electron chi connectivity index (χ3n) is 2.83. The van der Waals surface area contributed by atoms with Crippen LogP contribution in [0.2, 0.25) is 0 Å². The molecule has 2 heterocycles. The van der Waals surface area contributed by atoms with Crippen molar-refractivity contribution in [1.82, 2.24) is 9.55 Å². The summed E-state index contributed by atoms with van der Waals surface area (Å²) in [5.41, 5.74) is 8.02. The Morgan fingerprint density at radius 1 is 1.47 bits per heavy atom. The summed E-state index contributed by atoms with van der Waals surface area (Å²) in [5.74, 6) is 2.40. The summed E-state index contributed by atoms with van der Waals surface area (Å²) in [6.07, 6.45) is 5.18. The fraction of sp³-hybridized carbons (Fsp3) is 0.462. The van der Waals surface area contributed by atoms with E-state index in [0.29, 0.717) is 6.54 Å².